The molecule has 0 aliphatic carbocycles. The Balaban J connectivity index is 0. The fourth-order valence-electron chi connectivity index (χ4n) is 0.241. The third-order valence-corrected chi connectivity index (χ3v) is 0.408. The maximum Gasteiger partial charge on any atom is 0.151 e. The number of ether oxygens (including phenoxy) is 1. The average Bonchev–Trinajstić information content (AvgIpc) is 1.35. The molecule has 0 amide bonds. The number of aliphatic hydroxyl groups excluding tert-OH is 1. The van der Waals surface area contributed by atoms with Crippen molar-refractivity contribution in [3.8, 4) is 0 Å². The van der Waals surface area contributed by atoms with Crippen molar-refractivity contribution in [2.75, 3.05) is 6.61 Å². The molecule has 1 N–H and O–H groups in total. The van der Waals surface area contributed by atoms with E-state index in [2.05, 4.69) is 4.74 Å². The summed E-state index contributed by atoms with van der Waals surface area (Å²) in [4.78, 5) is 0. The van der Waals surface area contributed by atoms with E-state index in [1.54, 1.807) is 6.92 Å². The van der Waals surface area contributed by atoms with Gasteiger partial charge < -0.3 is 9.84 Å². The molecule has 0 aromatic carbocycles. The predicted molar refractivity (Wildman–Crippen MR) is 23.3 cm³/mol. The van der Waals surface area contributed by atoms with Crippen molar-refractivity contribution in [1.82, 2.24) is 0 Å². The standard InChI is InChI=1S/C4H10O2.Cu/c1-3-6-4(2)5;/h4-5H,3H2,1-2H3;. The van der Waals surface area contributed by atoms with Crippen LogP contribution in [0.15, 0.2) is 0 Å². The van der Waals surface area contributed by atoms with Crippen LogP contribution in [0.4, 0.5) is 0 Å². The number of rotatable bonds is 2. The molecule has 1 unspecified atom stereocenters. The van der Waals surface area contributed by atoms with E-state index in [1.807, 2.05) is 6.92 Å². The molecule has 0 heterocycles. The quantitative estimate of drug-likeness (QED) is 0.459. The zero-order valence-electron chi connectivity index (χ0n) is 4.44. The SMILES string of the molecule is CCOC(C)O.[Cu]. The Bertz CT molecular complexity index is 30.9. The second kappa shape index (κ2) is 6.44. The zero-order chi connectivity index (χ0) is 4.99. The molecule has 0 aliphatic rings. The van der Waals surface area contributed by atoms with Gasteiger partial charge in [0.15, 0.2) is 6.29 Å². The molecule has 2 nitrogen and oxygen atoms in total. The Labute approximate surface area is 54.3 Å². The Kier molecular flexibility index (Phi) is 9.59. The Morgan fingerprint density at radius 1 is 1.71 bits per heavy atom. The van der Waals surface area contributed by atoms with Crippen LogP contribution in [-0.4, -0.2) is 18.0 Å². The Morgan fingerprint density at radius 2 is 2.14 bits per heavy atom. The van der Waals surface area contributed by atoms with Crippen LogP contribution in [-0.2, 0) is 21.8 Å². The van der Waals surface area contributed by atoms with E-state index < -0.39 is 6.29 Å². The molecule has 0 aromatic rings. The molecule has 0 saturated carbocycles. The molecular formula is C4H10CuO2. The minimum absolute atomic E-state index is 0. The first-order valence-electron chi connectivity index (χ1n) is 2.07. The van der Waals surface area contributed by atoms with Gasteiger partial charge in [-0.25, -0.2) is 0 Å². The third kappa shape index (κ3) is 10.7. The molecule has 0 bridgehead atoms. The fraction of sp³-hybridized carbons (Fsp3) is 1.00. The van der Waals surface area contributed by atoms with Gasteiger partial charge in [-0.3, -0.25) is 0 Å². The van der Waals surface area contributed by atoms with E-state index in [1.165, 1.54) is 0 Å². The smallest absolute Gasteiger partial charge is 0.151 e. The first kappa shape index (κ1) is 10.4. The van der Waals surface area contributed by atoms with Crippen LogP contribution in [0.2, 0.25) is 0 Å². The van der Waals surface area contributed by atoms with E-state index in [0.717, 1.165) is 0 Å². The summed E-state index contributed by atoms with van der Waals surface area (Å²) in [5.74, 6) is 0. The van der Waals surface area contributed by atoms with Crippen molar-refractivity contribution in [2.45, 2.75) is 20.1 Å². The third-order valence-electron chi connectivity index (χ3n) is 0.408. The number of hydrogen-bond donors (Lipinski definition) is 1. The molecule has 49 valence electrons. The molecule has 0 aromatic heterocycles. The maximum absolute atomic E-state index is 8.33. The fourth-order valence-corrected chi connectivity index (χ4v) is 0.241. The summed E-state index contributed by atoms with van der Waals surface area (Å²) in [6.45, 7) is 4.01. The van der Waals surface area contributed by atoms with Gasteiger partial charge in [0.05, 0.1) is 0 Å². The first-order chi connectivity index (χ1) is 2.77. The normalized spacial score (nSPS) is 12.4. The molecule has 0 rings (SSSR count). The molecular weight excluding hydrogens is 144 g/mol. The summed E-state index contributed by atoms with van der Waals surface area (Å²) in [6.07, 6.45) is -0.602. The Hall–Kier alpha value is 0.439. The van der Waals surface area contributed by atoms with Crippen LogP contribution < -0.4 is 0 Å². The monoisotopic (exact) mass is 153 g/mol. The number of aliphatic hydroxyl groups is 1. The molecule has 3 heteroatoms. The summed E-state index contributed by atoms with van der Waals surface area (Å²) >= 11 is 0. The molecule has 0 aliphatic heterocycles. The van der Waals surface area contributed by atoms with Crippen LogP contribution in [0.25, 0.3) is 0 Å². The van der Waals surface area contributed by atoms with E-state index >= 15 is 0 Å². The van der Waals surface area contributed by atoms with Gasteiger partial charge in [0, 0.05) is 23.7 Å². The number of hydrogen-bond acceptors (Lipinski definition) is 2. The topological polar surface area (TPSA) is 29.5 Å². The average molecular weight is 154 g/mol. The summed E-state index contributed by atoms with van der Waals surface area (Å²) < 4.78 is 4.60. The van der Waals surface area contributed by atoms with Crippen molar-refractivity contribution < 1.29 is 26.9 Å². The van der Waals surface area contributed by atoms with E-state index in [-0.39, 0.29) is 17.1 Å². The minimum Gasteiger partial charge on any atom is -0.368 e. The summed E-state index contributed by atoms with van der Waals surface area (Å²) in [5.41, 5.74) is 0. The summed E-state index contributed by atoms with van der Waals surface area (Å²) in [7, 11) is 0. The second-order valence-corrected chi connectivity index (χ2v) is 1.05. The Morgan fingerprint density at radius 3 is 2.14 bits per heavy atom. The van der Waals surface area contributed by atoms with Gasteiger partial charge in [-0.15, -0.1) is 0 Å². The van der Waals surface area contributed by atoms with Crippen molar-refractivity contribution in [3.63, 3.8) is 0 Å². The minimum atomic E-state index is -0.602. The molecule has 1 radical (unpaired) electrons. The maximum atomic E-state index is 8.33. The van der Waals surface area contributed by atoms with Crippen molar-refractivity contribution in [1.29, 1.82) is 0 Å². The van der Waals surface area contributed by atoms with Crippen LogP contribution in [0, 0.1) is 0 Å². The predicted octanol–water partition coefficient (Wildman–Crippen LogP) is 0.359. The second-order valence-electron chi connectivity index (χ2n) is 1.05. The van der Waals surface area contributed by atoms with E-state index in [4.69, 9.17) is 5.11 Å². The van der Waals surface area contributed by atoms with Gasteiger partial charge >= 0.3 is 0 Å². The molecule has 7 heavy (non-hydrogen) atoms. The van der Waals surface area contributed by atoms with Gasteiger partial charge in [-0.05, 0) is 13.8 Å². The summed E-state index contributed by atoms with van der Waals surface area (Å²) in [6, 6.07) is 0. The van der Waals surface area contributed by atoms with E-state index in [9.17, 15) is 0 Å². The van der Waals surface area contributed by atoms with Crippen LogP contribution in [0.5, 0.6) is 0 Å². The van der Waals surface area contributed by atoms with Crippen LogP contribution in [0.1, 0.15) is 13.8 Å². The molecule has 0 saturated heterocycles. The van der Waals surface area contributed by atoms with Crippen molar-refractivity contribution >= 4 is 0 Å². The van der Waals surface area contributed by atoms with Gasteiger partial charge in [0.1, 0.15) is 0 Å². The van der Waals surface area contributed by atoms with Crippen LogP contribution in [0.3, 0.4) is 0 Å². The van der Waals surface area contributed by atoms with Gasteiger partial charge in [-0.2, -0.15) is 0 Å². The molecule has 0 fully saturated rings. The van der Waals surface area contributed by atoms with Crippen molar-refractivity contribution in [3.05, 3.63) is 0 Å². The van der Waals surface area contributed by atoms with Crippen LogP contribution >= 0.6 is 0 Å². The first-order valence-corrected chi connectivity index (χ1v) is 2.07. The summed E-state index contributed by atoms with van der Waals surface area (Å²) in [5, 5.41) is 8.33. The van der Waals surface area contributed by atoms with Crippen molar-refractivity contribution in [2.24, 2.45) is 0 Å². The van der Waals surface area contributed by atoms with Gasteiger partial charge in [-0.1, -0.05) is 0 Å². The van der Waals surface area contributed by atoms with Gasteiger partial charge in [0.25, 0.3) is 0 Å². The molecule has 0 spiro atoms. The van der Waals surface area contributed by atoms with E-state index in [0.29, 0.717) is 6.61 Å². The van der Waals surface area contributed by atoms with Gasteiger partial charge in [0.2, 0.25) is 0 Å². The largest absolute Gasteiger partial charge is 0.368 e. The zero-order valence-corrected chi connectivity index (χ0v) is 5.38. The molecule has 1 atom stereocenters.